The molecule has 1 fully saturated rings. The Balaban J connectivity index is 1.72. The monoisotopic (exact) mass is 350 g/mol. The first-order chi connectivity index (χ1) is 11.6. The SMILES string of the molecule is Cc1ccc(F)c(C(=O)NCc2nncn2C2CCCCC2)c1Cl. The molecule has 1 aliphatic rings. The number of nitrogens with zero attached hydrogens (tertiary/aromatic N) is 3. The molecule has 5 nitrogen and oxygen atoms in total. The summed E-state index contributed by atoms with van der Waals surface area (Å²) in [6.07, 6.45) is 7.54. The average molecular weight is 351 g/mol. The molecule has 0 saturated heterocycles. The summed E-state index contributed by atoms with van der Waals surface area (Å²) < 4.78 is 16.0. The predicted octanol–water partition coefficient (Wildman–Crippen LogP) is 3.81. The van der Waals surface area contributed by atoms with Crippen LogP contribution in [-0.4, -0.2) is 20.7 Å². The summed E-state index contributed by atoms with van der Waals surface area (Å²) in [7, 11) is 0. The average Bonchev–Trinajstić information content (AvgIpc) is 3.06. The molecular weight excluding hydrogens is 331 g/mol. The van der Waals surface area contributed by atoms with E-state index in [0.29, 0.717) is 17.4 Å². The fourth-order valence-corrected chi connectivity index (χ4v) is 3.41. The van der Waals surface area contributed by atoms with Crippen LogP contribution in [0.4, 0.5) is 4.39 Å². The van der Waals surface area contributed by atoms with Crippen LogP contribution in [0.15, 0.2) is 18.5 Å². The van der Waals surface area contributed by atoms with E-state index in [4.69, 9.17) is 11.6 Å². The van der Waals surface area contributed by atoms with Crippen molar-refractivity contribution in [1.29, 1.82) is 0 Å². The first kappa shape index (κ1) is 16.9. The van der Waals surface area contributed by atoms with Gasteiger partial charge >= 0.3 is 0 Å². The highest BCUT2D eigenvalue weighted by atomic mass is 35.5. The van der Waals surface area contributed by atoms with Crippen LogP contribution in [0.3, 0.4) is 0 Å². The van der Waals surface area contributed by atoms with Gasteiger partial charge in [-0.05, 0) is 31.4 Å². The summed E-state index contributed by atoms with van der Waals surface area (Å²) in [4.78, 5) is 12.3. The van der Waals surface area contributed by atoms with Gasteiger partial charge in [0.05, 0.1) is 17.1 Å². The third-order valence-electron chi connectivity index (χ3n) is 4.53. The van der Waals surface area contributed by atoms with E-state index in [1.54, 1.807) is 19.3 Å². The highest BCUT2D eigenvalue weighted by molar-refractivity contribution is 6.34. The van der Waals surface area contributed by atoms with Crippen molar-refractivity contribution in [3.05, 3.63) is 46.3 Å². The summed E-state index contributed by atoms with van der Waals surface area (Å²) in [5, 5.41) is 10.9. The van der Waals surface area contributed by atoms with Gasteiger partial charge in [-0.25, -0.2) is 4.39 Å². The van der Waals surface area contributed by atoms with E-state index in [2.05, 4.69) is 15.5 Å². The summed E-state index contributed by atoms with van der Waals surface area (Å²) >= 11 is 6.07. The smallest absolute Gasteiger partial charge is 0.256 e. The molecular formula is C17H20ClFN4O. The lowest BCUT2D eigenvalue weighted by molar-refractivity contribution is 0.0945. The lowest BCUT2D eigenvalue weighted by atomic mass is 9.95. The Morgan fingerprint density at radius 1 is 1.38 bits per heavy atom. The molecule has 0 bridgehead atoms. The number of halogens is 2. The van der Waals surface area contributed by atoms with Gasteiger partial charge in [0.1, 0.15) is 12.1 Å². The van der Waals surface area contributed by atoms with Gasteiger partial charge in [-0.3, -0.25) is 4.79 Å². The van der Waals surface area contributed by atoms with Crippen LogP contribution in [0.5, 0.6) is 0 Å². The van der Waals surface area contributed by atoms with Gasteiger partial charge in [0.2, 0.25) is 0 Å². The highest BCUT2D eigenvalue weighted by Gasteiger charge is 2.21. The van der Waals surface area contributed by atoms with Crippen LogP contribution in [0.25, 0.3) is 0 Å². The van der Waals surface area contributed by atoms with E-state index in [1.807, 2.05) is 4.57 Å². The summed E-state index contributed by atoms with van der Waals surface area (Å²) in [6.45, 7) is 1.93. The van der Waals surface area contributed by atoms with Crippen molar-refractivity contribution in [3.63, 3.8) is 0 Å². The van der Waals surface area contributed by atoms with Crippen LogP contribution < -0.4 is 5.32 Å². The van der Waals surface area contributed by atoms with Gasteiger partial charge in [-0.1, -0.05) is 36.9 Å². The minimum absolute atomic E-state index is 0.125. The fourth-order valence-electron chi connectivity index (χ4n) is 3.17. The Morgan fingerprint density at radius 3 is 2.88 bits per heavy atom. The van der Waals surface area contributed by atoms with Gasteiger partial charge in [-0.2, -0.15) is 0 Å². The number of benzene rings is 1. The molecule has 3 rings (SSSR count). The third kappa shape index (κ3) is 3.43. The maximum absolute atomic E-state index is 13.9. The van der Waals surface area contributed by atoms with Crippen molar-refractivity contribution in [1.82, 2.24) is 20.1 Å². The minimum atomic E-state index is -0.628. The Morgan fingerprint density at radius 2 is 2.12 bits per heavy atom. The van der Waals surface area contributed by atoms with E-state index in [9.17, 15) is 9.18 Å². The zero-order valence-electron chi connectivity index (χ0n) is 13.6. The normalized spacial score (nSPS) is 15.5. The molecule has 1 N–H and O–H groups in total. The van der Waals surface area contributed by atoms with Crippen molar-refractivity contribution >= 4 is 17.5 Å². The van der Waals surface area contributed by atoms with E-state index in [1.165, 1.54) is 25.3 Å². The molecule has 0 unspecified atom stereocenters. The van der Waals surface area contributed by atoms with Crippen LogP contribution in [0.1, 0.15) is 59.9 Å². The largest absolute Gasteiger partial charge is 0.345 e. The number of hydrogen-bond acceptors (Lipinski definition) is 3. The minimum Gasteiger partial charge on any atom is -0.345 e. The molecule has 1 heterocycles. The number of aromatic nitrogens is 3. The number of rotatable bonds is 4. The second-order valence-electron chi connectivity index (χ2n) is 6.18. The molecule has 7 heteroatoms. The highest BCUT2D eigenvalue weighted by Crippen LogP contribution is 2.28. The quantitative estimate of drug-likeness (QED) is 0.912. The molecule has 1 aromatic carbocycles. The van der Waals surface area contributed by atoms with Crippen molar-refractivity contribution in [2.24, 2.45) is 0 Å². The second-order valence-corrected chi connectivity index (χ2v) is 6.56. The van der Waals surface area contributed by atoms with E-state index < -0.39 is 11.7 Å². The molecule has 0 aliphatic heterocycles. The van der Waals surface area contributed by atoms with Crippen molar-refractivity contribution in [2.75, 3.05) is 0 Å². The van der Waals surface area contributed by atoms with Crippen molar-refractivity contribution < 1.29 is 9.18 Å². The van der Waals surface area contributed by atoms with Crippen molar-refractivity contribution in [3.8, 4) is 0 Å². The Labute approximate surface area is 145 Å². The molecule has 2 aromatic rings. The number of nitrogens with one attached hydrogen (secondary N) is 1. The summed E-state index contributed by atoms with van der Waals surface area (Å²) in [5.41, 5.74) is 0.536. The molecule has 1 aliphatic carbocycles. The molecule has 1 saturated carbocycles. The maximum Gasteiger partial charge on any atom is 0.256 e. The van der Waals surface area contributed by atoms with Crippen LogP contribution in [0.2, 0.25) is 5.02 Å². The van der Waals surface area contributed by atoms with Gasteiger partial charge in [0.25, 0.3) is 5.91 Å². The number of hydrogen-bond donors (Lipinski definition) is 1. The zero-order valence-corrected chi connectivity index (χ0v) is 14.3. The number of amides is 1. The second kappa shape index (κ2) is 7.30. The number of aryl methyl sites for hydroxylation is 1. The van der Waals surface area contributed by atoms with Gasteiger partial charge < -0.3 is 9.88 Å². The third-order valence-corrected chi connectivity index (χ3v) is 5.02. The van der Waals surface area contributed by atoms with Gasteiger partial charge in [0.15, 0.2) is 5.82 Å². The standard InChI is InChI=1S/C17H20ClFN4O/c1-11-7-8-13(19)15(16(11)18)17(24)20-9-14-22-21-10-23(14)12-5-3-2-4-6-12/h7-8,10,12H,2-6,9H2,1H3,(H,20,24). The number of carbonyl (C=O) groups is 1. The molecule has 0 spiro atoms. The predicted molar refractivity (Wildman–Crippen MR) is 89.5 cm³/mol. The molecule has 0 atom stereocenters. The lowest BCUT2D eigenvalue weighted by Crippen LogP contribution is -2.27. The Kier molecular flexibility index (Phi) is 5.14. The summed E-state index contributed by atoms with van der Waals surface area (Å²) in [6, 6.07) is 3.18. The fraction of sp³-hybridized carbons (Fsp3) is 0.471. The van der Waals surface area contributed by atoms with Crippen LogP contribution >= 0.6 is 11.6 Å². The van der Waals surface area contributed by atoms with Crippen LogP contribution in [-0.2, 0) is 6.54 Å². The van der Waals surface area contributed by atoms with Gasteiger partial charge in [0, 0.05) is 6.04 Å². The van der Waals surface area contributed by atoms with Crippen molar-refractivity contribution in [2.45, 2.75) is 51.6 Å². The number of carbonyl (C=O) groups excluding carboxylic acids is 1. The summed E-state index contributed by atoms with van der Waals surface area (Å²) in [5.74, 6) is -0.490. The Hall–Kier alpha value is -1.95. The molecule has 1 amide bonds. The topological polar surface area (TPSA) is 59.8 Å². The van der Waals surface area contributed by atoms with Crippen LogP contribution in [0, 0.1) is 12.7 Å². The molecule has 128 valence electrons. The zero-order chi connectivity index (χ0) is 17.1. The van der Waals surface area contributed by atoms with E-state index >= 15 is 0 Å². The Bertz CT molecular complexity index is 740. The maximum atomic E-state index is 13.9. The first-order valence-electron chi connectivity index (χ1n) is 8.19. The first-order valence-corrected chi connectivity index (χ1v) is 8.57. The lowest BCUT2D eigenvalue weighted by Gasteiger charge is -2.24. The van der Waals surface area contributed by atoms with E-state index in [-0.39, 0.29) is 17.1 Å². The van der Waals surface area contributed by atoms with E-state index in [0.717, 1.165) is 12.8 Å². The van der Waals surface area contributed by atoms with Gasteiger partial charge in [-0.15, -0.1) is 10.2 Å². The molecule has 1 aromatic heterocycles. The molecule has 24 heavy (non-hydrogen) atoms. The molecule has 0 radical (unpaired) electrons.